The number of nitrogens with one attached hydrogen (secondary N) is 1. The summed E-state index contributed by atoms with van der Waals surface area (Å²) in [5.41, 5.74) is 1.30. The molecule has 0 amide bonds. The van der Waals surface area contributed by atoms with Crippen molar-refractivity contribution in [3.8, 4) is 0 Å². The highest BCUT2D eigenvalue weighted by atomic mass is 16.5. The van der Waals surface area contributed by atoms with Crippen molar-refractivity contribution in [3.05, 3.63) is 30.3 Å². The van der Waals surface area contributed by atoms with Gasteiger partial charge < -0.3 is 19.9 Å². The Kier molecular flexibility index (Phi) is 7.89. The van der Waals surface area contributed by atoms with Crippen LogP contribution >= 0.6 is 0 Å². The maximum absolute atomic E-state index is 5.27. The first-order valence-corrected chi connectivity index (χ1v) is 9.03. The lowest BCUT2D eigenvalue weighted by molar-refractivity contribution is 0.157. The van der Waals surface area contributed by atoms with E-state index in [1.54, 1.807) is 7.11 Å². The van der Waals surface area contributed by atoms with Gasteiger partial charge in [0, 0.05) is 58.5 Å². The number of likely N-dealkylation sites (tertiary alicyclic amines) is 1. The Morgan fingerprint density at radius 3 is 2.83 bits per heavy atom. The van der Waals surface area contributed by atoms with Crippen LogP contribution < -0.4 is 10.2 Å². The van der Waals surface area contributed by atoms with E-state index < -0.39 is 0 Å². The molecule has 1 unspecified atom stereocenters. The van der Waals surface area contributed by atoms with Crippen LogP contribution in [0.1, 0.15) is 19.8 Å². The number of benzene rings is 1. The number of hydrogen-bond donors (Lipinski definition) is 1. The van der Waals surface area contributed by atoms with Gasteiger partial charge in [0.05, 0.1) is 6.61 Å². The molecular weight excluding hydrogens is 300 g/mol. The number of ether oxygens (including phenoxy) is 1. The second-order valence-electron chi connectivity index (χ2n) is 6.30. The van der Waals surface area contributed by atoms with Gasteiger partial charge in [0.2, 0.25) is 0 Å². The van der Waals surface area contributed by atoms with Crippen LogP contribution in [0.15, 0.2) is 35.3 Å². The molecule has 1 aromatic carbocycles. The predicted molar refractivity (Wildman–Crippen MR) is 102 cm³/mol. The Morgan fingerprint density at radius 1 is 1.38 bits per heavy atom. The first-order valence-electron chi connectivity index (χ1n) is 9.03. The first kappa shape index (κ1) is 18.6. The quantitative estimate of drug-likeness (QED) is 0.451. The molecule has 0 aliphatic carbocycles. The summed E-state index contributed by atoms with van der Waals surface area (Å²) in [5, 5.41) is 3.51. The topological polar surface area (TPSA) is 40.1 Å². The number of para-hydroxylation sites is 1. The number of nitrogens with zero attached hydrogens (tertiary/aromatic N) is 3. The smallest absolute Gasteiger partial charge is 0.193 e. The lowest BCUT2D eigenvalue weighted by Gasteiger charge is -2.25. The van der Waals surface area contributed by atoms with Gasteiger partial charge in [-0.25, -0.2) is 0 Å². The fourth-order valence-corrected chi connectivity index (χ4v) is 3.31. The van der Waals surface area contributed by atoms with E-state index in [2.05, 4.69) is 57.4 Å². The zero-order valence-corrected chi connectivity index (χ0v) is 15.4. The summed E-state index contributed by atoms with van der Waals surface area (Å²) in [6.45, 7) is 8.19. The average Bonchev–Trinajstić information content (AvgIpc) is 3.08. The molecule has 5 heteroatoms. The molecule has 0 radical (unpaired) electrons. The number of hydrogen-bond acceptors (Lipinski definition) is 3. The van der Waals surface area contributed by atoms with Crippen molar-refractivity contribution in [2.45, 2.75) is 19.8 Å². The van der Waals surface area contributed by atoms with E-state index in [1.165, 1.54) is 12.1 Å². The molecule has 1 fully saturated rings. The third kappa shape index (κ3) is 5.41. The Morgan fingerprint density at radius 2 is 2.17 bits per heavy atom. The van der Waals surface area contributed by atoms with E-state index in [0.29, 0.717) is 5.92 Å². The van der Waals surface area contributed by atoms with Crippen molar-refractivity contribution in [1.82, 2.24) is 10.2 Å². The highest BCUT2D eigenvalue weighted by Gasteiger charge is 2.24. The summed E-state index contributed by atoms with van der Waals surface area (Å²) in [7, 11) is 3.65. The number of guanidine groups is 1. The van der Waals surface area contributed by atoms with Gasteiger partial charge >= 0.3 is 0 Å². The van der Waals surface area contributed by atoms with Crippen LogP contribution in [-0.4, -0.2) is 64.3 Å². The molecule has 1 N–H and O–H groups in total. The standard InChI is InChI=1S/C19H32N4O/c1-4-22(18-9-6-5-7-10-18)13-8-12-21-19(20-2)23-14-11-17(15-23)16-24-3/h5-7,9-10,17H,4,8,11-16H2,1-3H3,(H,20,21). The number of methoxy groups -OCH3 is 1. The van der Waals surface area contributed by atoms with E-state index in [4.69, 9.17) is 4.74 Å². The lowest BCUT2D eigenvalue weighted by Crippen LogP contribution is -2.41. The molecule has 24 heavy (non-hydrogen) atoms. The van der Waals surface area contributed by atoms with Gasteiger partial charge in [-0.1, -0.05) is 18.2 Å². The van der Waals surface area contributed by atoms with Crippen LogP contribution in [0.2, 0.25) is 0 Å². The first-order chi connectivity index (χ1) is 11.8. The van der Waals surface area contributed by atoms with E-state index in [1.807, 2.05) is 7.05 Å². The summed E-state index contributed by atoms with van der Waals surface area (Å²) in [5.74, 6) is 1.65. The molecule has 2 rings (SSSR count). The Labute approximate surface area is 146 Å². The fourth-order valence-electron chi connectivity index (χ4n) is 3.31. The van der Waals surface area contributed by atoms with Gasteiger partial charge in [0.25, 0.3) is 0 Å². The third-order valence-corrected chi connectivity index (χ3v) is 4.59. The average molecular weight is 332 g/mol. The predicted octanol–water partition coefficient (Wildman–Crippen LogP) is 2.45. The number of aliphatic imine (C=N–C) groups is 1. The van der Waals surface area contributed by atoms with Gasteiger partial charge in [-0.15, -0.1) is 0 Å². The maximum atomic E-state index is 5.27. The molecule has 134 valence electrons. The van der Waals surface area contributed by atoms with Gasteiger partial charge in [-0.3, -0.25) is 4.99 Å². The molecule has 0 aromatic heterocycles. The van der Waals surface area contributed by atoms with E-state index in [0.717, 1.165) is 51.7 Å². The summed E-state index contributed by atoms with van der Waals surface area (Å²) in [4.78, 5) is 9.19. The molecule has 1 aromatic rings. The van der Waals surface area contributed by atoms with Crippen LogP contribution in [0.5, 0.6) is 0 Å². The summed E-state index contributed by atoms with van der Waals surface area (Å²) >= 11 is 0. The van der Waals surface area contributed by atoms with E-state index in [-0.39, 0.29) is 0 Å². The minimum absolute atomic E-state index is 0.627. The molecule has 1 saturated heterocycles. The largest absolute Gasteiger partial charge is 0.384 e. The van der Waals surface area contributed by atoms with Crippen molar-refractivity contribution in [2.75, 3.05) is 58.4 Å². The monoisotopic (exact) mass is 332 g/mol. The van der Waals surface area contributed by atoms with Crippen molar-refractivity contribution < 1.29 is 4.74 Å². The Hall–Kier alpha value is -1.75. The van der Waals surface area contributed by atoms with Crippen molar-refractivity contribution >= 4 is 11.6 Å². The van der Waals surface area contributed by atoms with Crippen LogP contribution in [-0.2, 0) is 4.74 Å². The lowest BCUT2D eigenvalue weighted by atomic mass is 10.1. The zero-order chi connectivity index (χ0) is 17.2. The van der Waals surface area contributed by atoms with E-state index in [9.17, 15) is 0 Å². The van der Waals surface area contributed by atoms with Crippen molar-refractivity contribution in [3.63, 3.8) is 0 Å². The fraction of sp³-hybridized carbons (Fsp3) is 0.632. The van der Waals surface area contributed by atoms with Crippen LogP contribution in [0.3, 0.4) is 0 Å². The molecular formula is C19H32N4O. The zero-order valence-electron chi connectivity index (χ0n) is 15.4. The summed E-state index contributed by atoms with van der Waals surface area (Å²) in [6.07, 6.45) is 2.28. The van der Waals surface area contributed by atoms with Gasteiger partial charge in [-0.2, -0.15) is 0 Å². The molecule has 1 atom stereocenters. The highest BCUT2D eigenvalue weighted by Crippen LogP contribution is 2.16. The molecule has 1 heterocycles. The molecule has 1 aliphatic rings. The Bertz CT molecular complexity index is 491. The minimum Gasteiger partial charge on any atom is -0.384 e. The normalized spacial score (nSPS) is 18.0. The Balaban J connectivity index is 1.72. The minimum atomic E-state index is 0.627. The molecule has 5 nitrogen and oxygen atoms in total. The van der Waals surface area contributed by atoms with Gasteiger partial charge in [-0.05, 0) is 31.9 Å². The second kappa shape index (κ2) is 10.2. The van der Waals surface area contributed by atoms with Crippen molar-refractivity contribution in [1.29, 1.82) is 0 Å². The number of anilines is 1. The van der Waals surface area contributed by atoms with E-state index >= 15 is 0 Å². The van der Waals surface area contributed by atoms with Crippen LogP contribution in [0.4, 0.5) is 5.69 Å². The molecule has 0 saturated carbocycles. The van der Waals surface area contributed by atoms with Gasteiger partial charge in [0.15, 0.2) is 5.96 Å². The summed E-state index contributed by atoms with van der Waals surface area (Å²) < 4.78 is 5.27. The second-order valence-corrected chi connectivity index (χ2v) is 6.30. The van der Waals surface area contributed by atoms with Gasteiger partial charge in [0.1, 0.15) is 0 Å². The summed E-state index contributed by atoms with van der Waals surface area (Å²) in [6, 6.07) is 10.6. The molecule has 0 spiro atoms. The van der Waals surface area contributed by atoms with Crippen molar-refractivity contribution in [2.24, 2.45) is 10.9 Å². The molecule has 1 aliphatic heterocycles. The highest BCUT2D eigenvalue weighted by molar-refractivity contribution is 5.80. The third-order valence-electron chi connectivity index (χ3n) is 4.59. The van der Waals surface area contributed by atoms with Crippen LogP contribution in [0, 0.1) is 5.92 Å². The number of rotatable bonds is 8. The molecule has 0 bridgehead atoms. The van der Waals surface area contributed by atoms with Crippen LogP contribution in [0.25, 0.3) is 0 Å². The maximum Gasteiger partial charge on any atom is 0.193 e. The SMILES string of the molecule is CCN(CCCNC(=NC)N1CCC(COC)C1)c1ccccc1.